The van der Waals surface area contributed by atoms with E-state index in [9.17, 15) is 9.59 Å². The van der Waals surface area contributed by atoms with Crippen LogP contribution >= 0.6 is 0 Å². The number of nitrogens with one attached hydrogen (secondary N) is 2. The van der Waals surface area contributed by atoms with Crippen LogP contribution in [0.3, 0.4) is 0 Å². The van der Waals surface area contributed by atoms with E-state index in [1.807, 2.05) is 55.5 Å². The number of ketones is 1. The number of nitrogens with zero attached hydrogens (tertiary/aromatic N) is 4. The van der Waals surface area contributed by atoms with Gasteiger partial charge in [-0.15, -0.1) is 0 Å². The summed E-state index contributed by atoms with van der Waals surface area (Å²) in [5, 5.41) is 6.10. The normalized spacial score (nSPS) is 10.6. The van der Waals surface area contributed by atoms with E-state index < -0.39 is 0 Å². The second kappa shape index (κ2) is 11.3. The number of hydrogen-bond donors (Lipinski definition) is 3. The van der Waals surface area contributed by atoms with Gasteiger partial charge in [-0.1, -0.05) is 24.3 Å². The van der Waals surface area contributed by atoms with Gasteiger partial charge in [0, 0.05) is 53.8 Å². The number of amides is 1. The molecule has 0 fully saturated rings. The van der Waals surface area contributed by atoms with E-state index in [0.29, 0.717) is 22.9 Å². The Bertz CT molecular complexity index is 1640. The summed E-state index contributed by atoms with van der Waals surface area (Å²) in [6.07, 6.45) is 6.65. The molecule has 0 aliphatic heterocycles. The average molecular weight is 516 g/mol. The van der Waals surface area contributed by atoms with E-state index in [0.717, 1.165) is 28.1 Å². The molecule has 5 rings (SSSR count). The number of aromatic nitrogens is 4. The van der Waals surface area contributed by atoms with Crippen molar-refractivity contribution in [3.63, 3.8) is 0 Å². The third-order valence-electron chi connectivity index (χ3n) is 6.07. The standard InChI is InChI=1S/C30H25N7O2/c1-19-8-10-23(16-27(19)37-30-33-14-12-25(36-30)21-6-4-13-32-17-21)35-29(39)22-9-11-26(34-18-22)28(38)15-20-5-2-3-7-24(20)31/h2-14,16-18H,15,31H2,1H3,(H,35,39)(H,33,36,37). The topological polar surface area (TPSA) is 136 Å². The van der Waals surface area contributed by atoms with Gasteiger partial charge in [-0.2, -0.15) is 0 Å². The third kappa shape index (κ3) is 6.11. The highest BCUT2D eigenvalue weighted by Crippen LogP contribution is 2.24. The monoisotopic (exact) mass is 515 g/mol. The van der Waals surface area contributed by atoms with Gasteiger partial charge in [0.25, 0.3) is 5.91 Å². The first kappa shape index (κ1) is 25.2. The minimum absolute atomic E-state index is 0.138. The fourth-order valence-electron chi connectivity index (χ4n) is 3.90. The number of benzene rings is 2. The smallest absolute Gasteiger partial charge is 0.257 e. The average Bonchev–Trinajstić information content (AvgIpc) is 2.97. The first-order chi connectivity index (χ1) is 19.0. The van der Waals surface area contributed by atoms with Crippen molar-refractivity contribution < 1.29 is 9.59 Å². The Hall–Kier alpha value is -5.44. The van der Waals surface area contributed by atoms with Crippen molar-refractivity contribution in [3.8, 4) is 11.3 Å². The maximum atomic E-state index is 12.9. The van der Waals surface area contributed by atoms with Gasteiger partial charge in [-0.05, 0) is 66.6 Å². The van der Waals surface area contributed by atoms with Gasteiger partial charge in [0.1, 0.15) is 5.69 Å². The van der Waals surface area contributed by atoms with E-state index in [2.05, 4.69) is 30.6 Å². The van der Waals surface area contributed by atoms with Gasteiger partial charge < -0.3 is 16.4 Å². The summed E-state index contributed by atoms with van der Waals surface area (Å²) >= 11 is 0. The minimum Gasteiger partial charge on any atom is -0.398 e. The van der Waals surface area contributed by atoms with Crippen molar-refractivity contribution in [2.75, 3.05) is 16.4 Å². The zero-order chi connectivity index (χ0) is 27.2. The summed E-state index contributed by atoms with van der Waals surface area (Å²) < 4.78 is 0. The molecule has 39 heavy (non-hydrogen) atoms. The van der Waals surface area contributed by atoms with Crippen LogP contribution in [0.2, 0.25) is 0 Å². The second-order valence-electron chi connectivity index (χ2n) is 8.85. The van der Waals surface area contributed by atoms with Crippen molar-refractivity contribution in [1.29, 1.82) is 0 Å². The maximum absolute atomic E-state index is 12.9. The van der Waals surface area contributed by atoms with Crippen molar-refractivity contribution in [1.82, 2.24) is 19.9 Å². The molecule has 3 heterocycles. The second-order valence-corrected chi connectivity index (χ2v) is 8.85. The molecule has 1 amide bonds. The van der Waals surface area contributed by atoms with E-state index in [1.54, 1.807) is 42.9 Å². The number of Topliss-reactive ketones (excluding diaryl/α,β-unsaturated/α-hetero) is 1. The number of anilines is 4. The number of pyridine rings is 2. The molecule has 9 heteroatoms. The van der Waals surface area contributed by atoms with Crippen LogP contribution in [0.1, 0.15) is 32.0 Å². The lowest BCUT2D eigenvalue weighted by atomic mass is 10.0. The van der Waals surface area contributed by atoms with Gasteiger partial charge in [0.15, 0.2) is 5.78 Å². The van der Waals surface area contributed by atoms with Gasteiger partial charge >= 0.3 is 0 Å². The molecule has 3 aromatic heterocycles. The van der Waals surface area contributed by atoms with Gasteiger partial charge in [0.05, 0.1) is 11.3 Å². The van der Waals surface area contributed by atoms with E-state index in [1.165, 1.54) is 6.20 Å². The number of carbonyl (C=O) groups is 2. The molecule has 0 aliphatic carbocycles. The zero-order valence-corrected chi connectivity index (χ0v) is 21.1. The number of para-hydroxylation sites is 1. The van der Waals surface area contributed by atoms with Crippen LogP contribution in [0.4, 0.5) is 23.0 Å². The minimum atomic E-state index is -0.349. The molecule has 0 saturated heterocycles. The van der Waals surface area contributed by atoms with Gasteiger partial charge in [-0.3, -0.25) is 19.6 Å². The van der Waals surface area contributed by atoms with Gasteiger partial charge in [0.2, 0.25) is 5.95 Å². The molecule has 0 bridgehead atoms. The SMILES string of the molecule is Cc1ccc(NC(=O)c2ccc(C(=O)Cc3ccccc3N)nc2)cc1Nc1nccc(-c2cccnc2)n1. The van der Waals surface area contributed by atoms with Crippen molar-refractivity contribution >= 4 is 34.7 Å². The Morgan fingerprint density at radius 1 is 0.897 bits per heavy atom. The molecule has 0 radical (unpaired) electrons. The van der Waals surface area contributed by atoms with E-state index in [-0.39, 0.29) is 23.8 Å². The maximum Gasteiger partial charge on any atom is 0.257 e. The van der Waals surface area contributed by atoms with E-state index in [4.69, 9.17) is 5.73 Å². The predicted molar refractivity (Wildman–Crippen MR) is 151 cm³/mol. The van der Waals surface area contributed by atoms with Crippen LogP contribution in [0, 0.1) is 6.92 Å². The molecule has 0 unspecified atom stereocenters. The molecule has 9 nitrogen and oxygen atoms in total. The summed E-state index contributed by atoms with van der Waals surface area (Å²) in [6.45, 7) is 1.95. The Morgan fingerprint density at radius 3 is 2.54 bits per heavy atom. The summed E-state index contributed by atoms with van der Waals surface area (Å²) in [5.74, 6) is -0.105. The molecule has 4 N–H and O–H groups in total. The summed E-state index contributed by atoms with van der Waals surface area (Å²) in [5.41, 5.74) is 11.7. The van der Waals surface area contributed by atoms with Gasteiger partial charge in [-0.25, -0.2) is 9.97 Å². The summed E-state index contributed by atoms with van der Waals surface area (Å²) in [6, 6.07) is 21.4. The first-order valence-electron chi connectivity index (χ1n) is 12.2. The molecule has 0 saturated carbocycles. The Kier molecular flexibility index (Phi) is 7.31. The number of carbonyl (C=O) groups excluding carboxylic acids is 2. The molecule has 5 aromatic rings. The Labute approximate surface area is 225 Å². The molecule has 0 aliphatic rings. The number of aryl methyl sites for hydroxylation is 1. The molecule has 0 atom stereocenters. The number of nitrogens with two attached hydrogens (primary N) is 1. The highest BCUT2D eigenvalue weighted by atomic mass is 16.1. The van der Waals surface area contributed by atoms with Crippen molar-refractivity contribution in [2.45, 2.75) is 13.3 Å². The Morgan fingerprint density at radius 2 is 1.77 bits per heavy atom. The lowest BCUT2D eigenvalue weighted by molar-refractivity contribution is 0.0984. The highest BCUT2D eigenvalue weighted by Gasteiger charge is 2.13. The fourth-order valence-corrected chi connectivity index (χ4v) is 3.90. The Balaban J connectivity index is 1.26. The van der Waals surface area contributed by atoms with Crippen LogP contribution in [0.25, 0.3) is 11.3 Å². The van der Waals surface area contributed by atoms with Crippen molar-refractivity contribution in [2.24, 2.45) is 0 Å². The summed E-state index contributed by atoms with van der Waals surface area (Å²) in [7, 11) is 0. The highest BCUT2D eigenvalue weighted by molar-refractivity contribution is 6.05. The molecular formula is C30H25N7O2. The van der Waals surface area contributed by atoms with Crippen LogP contribution in [-0.2, 0) is 6.42 Å². The number of hydrogen-bond acceptors (Lipinski definition) is 8. The van der Waals surface area contributed by atoms with Crippen LogP contribution in [0.5, 0.6) is 0 Å². The zero-order valence-electron chi connectivity index (χ0n) is 21.1. The number of nitrogen functional groups attached to an aromatic ring is 1. The lowest BCUT2D eigenvalue weighted by Crippen LogP contribution is -2.14. The quantitative estimate of drug-likeness (QED) is 0.188. The van der Waals surface area contributed by atoms with E-state index >= 15 is 0 Å². The fraction of sp³-hybridized carbons (Fsp3) is 0.0667. The predicted octanol–water partition coefficient (Wildman–Crippen LogP) is 5.25. The summed E-state index contributed by atoms with van der Waals surface area (Å²) in [4.78, 5) is 42.7. The molecule has 2 aromatic carbocycles. The largest absolute Gasteiger partial charge is 0.398 e. The third-order valence-corrected chi connectivity index (χ3v) is 6.07. The molecule has 0 spiro atoms. The first-order valence-corrected chi connectivity index (χ1v) is 12.2. The number of rotatable bonds is 8. The molecular weight excluding hydrogens is 490 g/mol. The van der Waals surface area contributed by atoms with Crippen LogP contribution < -0.4 is 16.4 Å². The molecule has 192 valence electrons. The lowest BCUT2D eigenvalue weighted by Gasteiger charge is -2.12. The van der Waals surface area contributed by atoms with Crippen LogP contribution in [-0.4, -0.2) is 31.6 Å². The van der Waals surface area contributed by atoms with Crippen LogP contribution in [0.15, 0.2) is 97.6 Å². The van der Waals surface area contributed by atoms with Crippen molar-refractivity contribution in [3.05, 3.63) is 120 Å².